The molecule has 6 heteroatoms. The normalized spacial score (nSPS) is 14.1. The van der Waals surface area contributed by atoms with E-state index in [9.17, 15) is 14.4 Å². The number of carbonyl (C=O) groups excluding carboxylic acids is 3. The minimum atomic E-state index is -0.754. The summed E-state index contributed by atoms with van der Waals surface area (Å²) in [6, 6.07) is 0. The predicted octanol–water partition coefficient (Wildman–Crippen LogP) is 7.66. The molecule has 0 bridgehead atoms. The molecule has 0 unspecified atom stereocenters. The summed E-state index contributed by atoms with van der Waals surface area (Å²) in [5, 5.41) is 0. The van der Waals surface area contributed by atoms with Crippen LogP contribution in [0.3, 0.4) is 0 Å². The third-order valence-corrected chi connectivity index (χ3v) is 7.51. The molecule has 0 radical (unpaired) electrons. The van der Waals surface area contributed by atoms with Crippen LogP contribution >= 0.6 is 0 Å². The first-order valence-electron chi connectivity index (χ1n) is 14.8. The number of carbonyl (C=O) groups is 3. The molecule has 0 rings (SSSR count). The quantitative estimate of drug-likeness (QED) is 0.109. The summed E-state index contributed by atoms with van der Waals surface area (Å²) in [7, 11) is 0. The number of hydrogen-bond donors (Lipinski definition) is 0. The van der Waals surface area contributed by atoms with Gasteiger partial charge < -0.3 is 14.2 Å². The molecule has 212 valence electrons. The number of unbranched alkanes of at least 4 members (excludes halogenated alkanes) is 3. The van der Waals surface area contributed by atoms with E-state index in [2.05, 4.69) is 20.8 Å². The molecule has 0 saturated carbocycles. The molecule has 0 saturated heterocycles. The Morgan fingerprint density at radius 3 is 1.00 bits per heavy atom. The average molecular weight is 513 g/mol. The molecule has 0 aliphatic rings. The Morgan fingerprint density at radius 1 is 0.528 bits per heavy atom. The van der Waals surface area contributed by atoms with Gasteiger partial charge in [-0.3, -0.25) is 14.4 Å². The second-order valence-corrected chi connectivity index (χ2v) is 10.4. The number of esters is 3. The van der Waals surface area contributed by atoms with Crippen molar-refractivity contribution in [3.8, 4) is 0 Å². The topological polar surface area (TPSA) is 78.9 Å². The zero-order valence-electron chi connectivity index (χ0n) is 24.5. The van der Waals surface area contributed by atoms with E-state index in [1.807, 2.05) is 27.7 Å². The van der Waals surface area contributed by atoms with Gasteiger partial charge >= 0.3 is 17.9 Å². The van der Waals surface area contributed by atoms with Crippen molar-refractivity contribution in [1.29, 1.82) is 0 Å². The van der Waals surface area contributed by atoms with Crippen molar-refractivity contribution in [2.75, 3.05) is 19.8 Å². The third-order valence-electron chi connectivity index (χ3n) is 7.51. The van der Waals surface area contributed by atoms with E-state index < -0.39 is 5.41 Å². The fourth-order valence-electron chi connectivity index (χ4n) is 4.27. The molecule has 0 aliphatic carbocycles. The second-order valence-electron chi connectivity index (χ2n) is 10.4. The largest absolute Gasteiger partial charge is 0.465 e. The fraction of sp³-hybridized carbons (Fsp3) is 0.900. The van der Waals surface area contributed by atoms with E-state index in [1.165, 1.54) is 0 Å². The van der Waals surface area contributed by atoms with E-state index in [1.54, 1.807) is 0 Å². The van der Waals surface area contributed by atoms with Gasteiger partial charge in [0.2, 0.25) is 0 Å². The summed E-state index contributed by atoms with van der Waals surface area (Å²) in [6.45, 7) is 14.5. The van der Waals surface area contributed by atoms with Gasteiger partial charge in [-0.05, 0) is 44.9 Å². The van der Waals surface area contributed by atoms with E-state index >= 15 is 0 Å². The molecule has 0 aromatic heterocycles. The predicted molar refractivity (Wildman–Crippen MR) is 146 cm³/mol. The molecule has 0 fully saturated rings. The Bertz CT molecular complexity index is 523. The molecule has 0 amide bonds. The lowest BCUT2D eigenvalue weighted by atomic mass is 9.87. The number of rotatable bonds is 22. The molecule has 0 N–H and O–H groups in total. The first-order valence-corrected chi connectivity index (χ1v) is 14.8. The zero-order valence-corrected chi connectivity index (χ0v) is 24.5. The lowest BCUT2D eigenvalue weighted by molar-refractivity contribution is -0.168. The monoisotopic (exact) mass is 512 g/mol. The molecule has 36 heavy (non-hydrogen) atoms. The van der Waals surface area contributed by atoms with Gasteiger partial charge in [0.05, 0.1) is 23.2 Å². The highest BCUT2D eigenvalue weighted by molar-refractivity contribution is 5.73. The summed E-state index contributed by atoms with van der Waals surface area (Å²) in [4.78, 5) is 38.5. The van der Waals surface area contributed by atoms with Crippen LogP contribution in [0.25, 0.3) is 0 Å². The Kier molecular flexibility index (Phi) is 19.6. The van der Waals surface area contributed by atoms with Crippen molar-refractivity contribution >= 4 is 17.9 Å². The molecule has 3 atom stereocenters. The minimum Gasteiger partial charge on any atom is -0.465 e. The highest BCUT2D eigenvalue weighted by Gasteiger charge is 2.36. The summed E-state index contributed by atoms with van der Waals surface area (Å²) in [5.74, 6) is -1.06. The van der Waals surface area contributed by atoms with Crippen LogP contribution in [0.15, 0.2) is 0 Å². The van der Waals surface area contributed by atoms with Crippen LogP contribution in [-0.2, 0) is 28.6 Å². The van der Waals surface area contributed by atoms with Crippen LogP contribution in [0.5, 0.6) is 0 Å². The highest BCUT2D eigenvalue weighted by atomic mass is 16.6. The van der Waals surface area contributed by atoms with Crippen molar-refractivity contribution in [3.05, 3.63) is 0 Å². The van der Waals surface area contributed by atoms with Crippen molar-refractivity contribution in [2.45, 2.75) is 132 Å². The number of ether oxygens (including phenoxy) is 3. The highest BCUT2D eigenvalue weighted by Crippen LogP contribution is 2.28. The smallest absolute Gasteiger partial charge is 0.308 e. The first-order chi connectivity index (χ1) is 17.3. The van der Waals surface area contributed by atoms with Crippen LogP contribution in [0.1, 0.15) is 132 Å². The summed E-state index contributed by atoms with van der Waals surface area (Å²) in [6.07, 6.45) is 11.2. The minimum absolute atomic E-state index is 0.0724. The van der Waals surface area contributed by atoms with Crippen molar-refractivity contribution in [1.82, 2.24) is 0 Å². The van der Waals surface area contributed by atoms with Gasteiger partial charge in [-0.1, -0.05) is 87.0 Å². The van der Waals surface area contributed by atoms with Crippen LogP contribution in [0.2, 0.25) is 0 Å². The third kappa shape index (κ3) is 13.1. The maximum Gasteiger partial charge on any atom is 0.308 e. The fourth-order valence-corrected chi connectivity index (χ4v) is 4.27. The zero-order chi connectivity index (χ0) is 27.4. The van der Waals surface area contributed by atoms with Crippen molar-refractivity contribution in [3.63, 3.8) is 0 Å². The van der Waals surface area contributed by atoms with Gasteiger partial charge in [0.1, 0.15) is 19.8 Å². The lowest BCUT2D eigenvalue weighted by Gasteiger charge is -2.32. The Hall–Kier alpha value is -1.59. The standard InChI is InChI=1S/C30H56O6/c1-8-15-18-24(11-4)27(31)34-21-30(14-7,22-35-28(32)25(12-5)19-16-9-2)23-36-29(33)26(13-6)20-17-10-3/h24-26H,8-23H2,1-7H3/t24-,25-,26+/m0/s1. The summed E-state index contributed by atoms with van der Waals surface area (Å²) < 4.78 is 17.4. The molecular formula is C30H56O6. The molecule has 0 heterocycles. The SMILES string of the molecule is CCCC[C@@H](CC)C(=O)OCC(CC)(COC(=O)[C@@H](CC)CCCC)COC(=O)[C@@H](CC)CCCC. The molecule has 0 aromatic carbocycles. The Balaban J connectivity index is 5.48. The lowest BCUT2D eigenvalue weighted by Crippen LogP contribution is -2.40. The van der Waals surface area contributed by atoms with Gasteiger partial charge in [0, 0.05) is 0 Å². The van der Waals surface area contributed by atoms with Crippen LogP contribution in [0, 0.1) is 23.2 Å². The van der Waals surface area contributed by atoms with Gasteiger partial charge in [-0.2, -0.15) is 0 Å². The van der Waals surface area contributed by atoms with E-state index in [4.69, 9.17) is 14.2 Å². The summed E-state index contributed by atoms with van der Waals surface area (Å²) >= 11 is 0. The van der Waals surface area contributed by atoms with Crippen LogP contribution < -0.4 is 0 Å². The molecule has 6 nitrogen and oxygen atoms in total. The van der Waals surface area contributed by atoms with Crippen LogP contribution in [0.4, 0.5) is 0 Å². The van der Waals surface area contributed by atoms with E-state index in [0.29, 0.717) is 6.42 Å². The summed E-state index contributed by atoms with van der Waals surface area (Å²) in [5.41, 5.74) is -0.754. The van der Waals surface area contributed by atoms with Crippen molar-refractivity contribution in [2.24, 2.45) is 23.2 Å². The molecule has 0 spiro atoms. The Morgan fingerprint density at radius 2 is 0.806 bits per heavy atom. The average Bonchev–Trinajstić information content (AvgIpc) is 2.89. The van der Waals surface area contributed by atoms with Gasteiger partial charge in [0.15, 0.2) is 0 Å². The number of hydrogen-bond acceptors (Lipinski definition) is 6. The molecular weight excluding hydrogens is 456 g/mol. The first kappa shape index (κ1) is 34.4. The van der Waals surface area contributed by atoms with Crippen LogP contribution in [-0.4, -0.2) is 37.7 Å². The molecule has 0 aliphatic heterocycles. The van der Waals surface area contributed by atoms with Crippen molar-refractivity contribution < 1.29 is 28.6 Å². The maximum absolute atomic E-state index is 12.8. The maximum atomic E-state index is 12.8. The van der Waals surface area contributed by atoms with E-state index in [-0.39, 0.29) is 55.5 Å². The Labute approximate surface area is 221 Å². The second kappa shape index (κ2) is 20.5. The molecule has 0 aromatic rings. The van der Waals surface area contributed by atoms with Gasteiger partial charge in [-0.15, -0.1) is 0 Å². The van der Waals surface area contributed by atoms with E-state index in [0.717, 1.165) is 77.0 Å². The van der Waals surface area contributed by atoms with Gasteiger partial charge in [-0.25, -0.2) is 0 Å². The van der Waals surface area contributed by atoms with Gasteiger partial charge in [0.25, 0.3) is 0 Å².